The van der Waals surface area contributed by atoms with E-state index in [1.807, 2.05) is 43.3 Å². The minimum absolute atomic E-state index is 0.0822. The van der Waals surface area contributed by atoms with Gasteiger partial charge in [0.05, 0.1) is 5.92 Å². The van der Waals surface area contributed by atoms with E-state index in [0.29, 0.717) is 19.6 Å². The van der Waals surface area contributed by atoms with Crippen molar-refractivity contribution in [1.29, 1.82) is 0 Å². The van der Waals surface area contributed by atoms with Crippen LogP contribution >= 0.6 is 11.6 Å². The van der Waals surface area contributed by atoms with Crippen LogP contribution in [0, 0.1) is 11.7 Å². The number of carbonyl (C=O) groups excluding carboxylic acids is 1. The summed E-state index contributed by atoms with van der Waals surface area (Å²) < 4.78 is 13.3. The smallest absolute Gasteiger partial charge is 0.224 e. The number of piperidine rings is 1. The molecule has 1 heterocycles. The fraction of sp³-hybridized carbons (Fsp3) is 0.381. The predicted octanol–water partition coefficient (Wildman–Crippen LogP) is 4.22. The third-order valence-electron chi connectivity index (χ3n) is 4.94. The standard InChI is InChI=1S/C21H24ClFN2O/c1-2-24-21(26)18-11-17(15-7-9-19(23)10-8-15)13-25(14-18)12-16-5-3-4-6-20(16)22/h3-10,17-18H,2,11-14H2,1H3,(H,24,26)/t17-,18+/m1/s1. The first-order chi connectivity index (χ1) is 12.6. The van der Waals surface area contributed by atoms with Gasteiger partial charge in [-0.1, -0.05) is 41.9 Å². The fourth-order valence-corrected chi connectivity index (χ4v) is 3.87. The molecular formula is C21H24ClFN2O. The predicted molar refractivity (Wildman–Crippen MR) is 103 cm³/mol. The highest BCUT2D eigenvalue weighted by atomic mass is 35.5. The van der Waals surface area contributed by atoms with Crippen molar-refractivity contribution in [3.8, 4) is 0 Å². The van der Waals surface area contributed by atoms with Gasteiger partial charge in [-0.3, -0.25) is 9.69 Å². The lowest BCUT2D eigenvalue weighted by Crippen LogP contribution is -2.45. The van der Waals surface area contributed by atoms with E-state index >= 15 is 0 Å². The number of hydrogen-bond acceptors (Lipinski definition) is 2. The van der Waals surface area contributed by atoms with Gasteiger partial charge < -0.3 is 5.32 Å². The van der Waals surface area contributed by atoms with E-state index in [4.69, 9.17) is 11.6 Å². The highest BCUT2D eigenvalue weighted by Gasteiger charge is 2.32. The summed E-state index contributed by atoms with van der Waals surface area (Å²) in [5.74, 6) is -0.0399. The Bertz CT molecular complexity index is 750. The van der Waals surface area contributed by atoms with E-state index in [1.165, 1.54) is 12.1 Å². The summed E-state index contributed by atoms with van der Waals surface area (Å²) in [6.45, 7) is 4.79. The van der Waals surface area contributed by atoms with E-state index in [1.54, 1.807) is 0 Å². The first-order valence-electron chi connectivity index (χ1n) is 9.05. The summed E-state index contributed by atoms with van der Waals surface area (Å²) in [6, 6.07) is 14.4. The molecule has 26 heavy (non-hydrogen) atoms. The normalized spacial score (nSPS) is 20.7. The number of likely N-dealkylation sites (tertiary alicyclic amines) is 1. The molecule has 1 saturated heterocycles. The minimum atomic E-state index is -0.238. The maximum absolute atomic E-state index is 13.3. The molecule has 138 valence electrons. The summed E-state index contributed by atoms with van der Waals surface area (Å²) in [4.78, 5) is 14.7. The monoisotopic (exact) mass is 374 g/mol. The van der Waals surface area contributed by atoms with E-state index in [0.717, 1.165) is 29.1 Å². The lowest BCUT2D eigenvalue weighted by Gasteiger charge is -2.37. The van der Waals surface area contributed by atoms with Crippen LogP contribution in [-0.4, -0.2) is 30.4 Å². The van der Waals surface area contributed by atoms with Gasteiger partial charge in [-0.2, -0.15) is 0 Å². The van der Waals surface area contributed by atoms with E-state index in [9.17, 15) is 9.18 Å². The lowest BCUT2D eigenvalue weighted by molar-refractivity contribution is -0.127. The van der Waals surface area contributed by atoms with Crippen LogP contribution in [0.3, 0.4) is 0 Å². The zero-order valence-electron chi connectivity index (χ0n) is 14.9. The van der Waals surface area contributed by atoms with Crippen molar-refractivity contribution in [1.82, 2.24) is 10.2 Å². The third-order valence-corrected chi connectivity index (χ3v) is 5.31. The van der Waals surface area contributed by atoms with Crippen LogP contribution in [0.25, 0.3) is 0 Å². The molecule has 0 aromatic heterocycles. The van der Waals surface area contributed by atoms with Crippen molar-refractivity contribution in [2.24, 2.45) is 5.92 Å². The van der Waals surface area contributed by atoms with Gasteiger partial charge in [0.15, 0.2) is 0 Å². The van der Waals surface area contributed by atoms with Crippen LogP contribution in [0.1, 0.15) is 30.4 Å². The van der Waals surface area contributed by atoms with Crippen molar-refractivity contribution in [2.75, 3.05) is 19.6 Å². The zero-order chi connectivity index (χ0) is 18.5. The van der Waals surface area contributed by atoms with Crippen LogP contribution in [0.2, 0.25) is 5.02 Å². The molecule has 1 fully saturated rings. The Labute approximate surface area is 159 Å². The van der Waals surface area contributed by atoms with Gasteiger partial charge in [-0.15, -0.1) is 0 Å². The Hall–Kier alpha value is -1.91. The quantitative estimate of drug-likeness (QED) is 0.849. The molecule has 0 radical (unpaired) electrons. The molecule has 1 aliphatic rings. The number of nitrogens with zero attached hydrogens (tertiary/aromatic N) is 1. The Morgan fingerprint density at radius 1 is 1.19 bits per heavy atom. The number of hydrogen-bond donors (Lipinski definition) is 1. The second-order valence-electron chi connectivity index (χ2n) is 6.86. The van der Waals surface area contributed by atoms with Crippen LogP contribution in [0.5, 0.6) is 0 Å². The molecule has 3 nitrogen and oxygen atoms in total. The number of halogens is 2. The number of amides is 1. The molecule has 0 aliphatic carbocycles. The van der Waals surface area contributed by atoms with Crippen LogP contribution < -0.4 is 5.32 Å². The molecule has 0 unspecified atom stereocenters. The van der Waals surface area contributed by atoms with Gasteiger partial charge in [0.25, 0.3) is 0 Å². The average molecular weight is 375 g/mol. The van der Waals surface area contributed by atoms with Gasteiger partial charge in [-0.05, 0) is 48.6 Å². The van der Waals surface area contributed by atoms with Gasteiger partial charge in [-0.25, -0.2) is 4.39 Å². The molecule has 1 amide bonds. The average Bonchev–Trinajstić information content (AvgIpc) is 2.64. The molecule has 2 aromatic rings. The number of carbonyl (C=O) groups is 1. The molecule has 0 spiro atoms. The highest BCUT2D eigenvalue weighted by Crippen LogP contribution is 2.32. The van der Waals surface area contributed by atoms with Crippen molar-refractivity contribution in [2.45, 2.75) is 25.8 Å². The molecule has 0 bridgehead atoms. The highest BCUT2D eigenvalue weighted by molar-refractivity contribution is 6.31. The molecule has 5 heteroatoms. The first kappa shape index (κ1) is 18.9. The summed E-state index contributed by atoms with van der Waals surface area (Å²) in [5.41, 5.74) is 2.13. The first-order valence-corrected chi connectivity index (χ1v) is 9.43. The van der Waals surface area contributed by atoms with Crippen molar-refractivity contribution in [3.05, 3.63) is 70.5 Å². The number of benzene rings is 2. The fourth-order valence-electron chi connectivity index (χ4n) is 3.67. The Balaban J connectivity index is 1.80. The maximum Gasteiger partial charge on any atom is 0.224 e. The second kappa shape index (κ2) is 8.65. The van der Waals surface area contributed by atoms with Crippen LogP contribution in [0.15, 0.2) is 48.5 Å². The SMILES string of the molecule is CCNC(=O)[C@H]1C[C@@H](c2ccc(F)cc2)CN(Cc2ccccc2Cl)C1. The Morgan fingerprint density at radius 2 is 1.92 bits per heavy atom. The topological polar surface area (TPSA) is 32.3 Å². The molecule has 2 aromatic carbocycles. The van der Waals surface area contributed by atoms with Gasteiger partial charge >= 0.3 is 0 Å². The molecule has 0 saturated carbocycles. The number of nitrogens with one attached hydrogen (secondary N) is 1. The lowest BCUT2D eigenvalue weighted by atomic mass is 9.84. The Morgan fingerprint density at radius 3 is 2.62 bits per heavy atom. The zero-order valence-corrected chi connectivity index (χ0v) is 15.7. The molecule has 3 rings (SSSR count). The summed E-state index contributed by atoms with van der Waals surface area (Å²) in [5, 5.41) is 3.68. The number of rotatable bonds is 5. The largest absolute Gasteiger partial charge is 0.356 e. The van der Waals surface area contributed by atoms with Crippen molar-refractivity contribution in [3.63, 3.8) is 0 Å². The molecule has 1 aliphatic heterocycles. The van der Waals surface area contributed by atoms with Gasteiger partial charge in [0.2, 0.25) is 5.91 Å². The van der Waals surface area contributed by atoms with Gasteiger partial charge in [0, 0.05) is 31.2 Å². The van der Waals surface area contributed by atoms with Crippen LogP contribution in [-0.2, 0) is 11.3 Å². The maximum atomic E-state index is 13.3. The van der Waals surface area contributed by atoms with E-state index in [-0.39, 0.29) is 23.6 Å². The van der Waals surface area contributed by atoms with E-state index in [2.05, 4.69) is 10.2 Å². The van der Waals surface area contributed by atoms with E-state index < -0.39 is 0 Å². The van der Waals surface area contributed by atoms with Gasteiger partial charge in [0.1, 0.15) is 5.82 Å². The molecule has 1 N–H and O–H groups in total. The van der Waals surface area contributed by atoms with Crippen molar-refractivity contribution < 1.29 is 9.18 Å². The molecular weight excluding hydrogens is 351 g/mol. The molecule has 2 atom stereocenters. The minimum Gasteiger partial charge on any atom is -0.356 e. The Kier molecular flexibility index (Phi) is 6.28. The summed E-state index contributed by atoms with van der Waals surface area (Å²) >= 11 is 6.32. The summed E-state index contributed by atoms with van der Waals surface area (Å²) in [7, 11) is 0. The van der Waals surface area contributed by atoms with Crippen molar-refractivity contribution >= 4 is 17.5 Å². The third kappa shape index (κ3) is 4.63. The van der Waals surface area contributed by atoms with Crippen LogP contribution in [0.4, 0.5) is 4.39 Å². The second-order valence-corrected chi connectivity index (χ2v) is 7.27. The summed E-state index contributed by atoms with van der Waals surface area (Å²) in [6.07, 6.45) is 0.774.